The Morgan fingerprint density at radius 1 is 1.24 bits per heavy atom. The molecule has 0 aliphatic carbocycles. The molecular formula is C14H17NO2. The van der Waals surface area contributed by atoms with Crippen LogP contribution in [0.25, 0.3) is 0 Å². The summed E-state index contributed by atoms with van der Waals surface area (Å²) < 4.78 is 10.3. The maximum Gasteiger partial charge on any atom is 0.122 e. The molecule has 0 aliphatic heterocycles. The predicted octanol–water partition coefficient (Wildman–Crippen LogP) is 2.40. The minimum absolute atomic E-state index is 0.0731. The lowest BCUT2D eigenvalue weighted by molar-refractivity contribution is 0.407. The molecule has 1 aromatic carbocycles. The summed E-state index contributed by atoms with van der Waals surface area (Å²) >= 11 is 0. The smallest absolute Gasteiger partial charge is 0.122 e. The molecule has 2 aromatic rings. The maximum absolute atomic E-state index is 6.12. The van der Waals surface area contributed by atoms with Crippen molar-refractivity contribution in [2.24, 2.45) is 5.73 Å². The zero-order valence-corrected chi connectivity index (χ0v) is 9.93. The van der Waals surface area contributed by atoms with E-state index in [1.165, 1.54) is 0 Å². The molecule has 0 bridgehead atoms. The molecule has 0 radical (unpaired) electrons. The molecule has 0 fully saturated rings. The number of hydrogen-bond donors (Lipinski definition) is 1. The molecule has 1 aromatic heterocycles. The van der Waals surface area contributed by atoms with E-state index in [1.807, 2.05) is 30.3 Å². The molecule has 1 unspecified atom stereocenters. The molecule has 0 amide bonds. The second kappa shape index (κ2) is 5.55. The van der Waals surface area contributed by atoms with Gasteiger partial charge < -0.3 is 14.9 Å². The molecule has 3 heteroatoms. The van der Waals surface area contributed by atoms with Crippen LogP contribution in [-0.2, 0) is 12.8 Å². The van der Waals surface area contributed by atoms with E-state index in [2.05, 4.69) is 0 Å². The fraction of sp³-hybridized carbons (Fsp3) is 0.286. The zero-order valence-electron chi connectivity index (χ0n) is 9.93. The molecule has 0 saturated carbocycles. The van der Waals surface area contributed by atoms with Gasteiger partial charge in [0.05, 0.1) is 19.6 Å². The largest absolute Gasteiger partial charge is 0.496 e. The molecular weight excluding hydrogens is 214 g/mol. The summed E-state index contributed by atoms with van der Waals surface area (Å²) in [6.45, 7) is 0. The van der Waals surface area contributed by atoms with Crippen LogP contribution in [0, 0.1) is 0 Å². The quantitative estimate of drug-likeness (QED) is 0.859. The highest BCUT2D eigenvalue weighted by Crippen LogP contribution is 2.19. The van der Waals surface area contributed by atoms with Gasteiger partial charge in [-0.05, 0) is 36.1 Å². The van der Waals surface area contributed by atoms with E-state index in [1.54, 1.807) is 19.6 Å². The lowest BCUT2D eigenvalue weighted by atomic mass is 10.0. The van der Waals surface area contributed by atoms with E-state index < -0.39 is 0 Å². The second-order valence-corrected chi connectivity index (χ2v) is 4.11. The molecule has 1 atom stereocenters. The number of methoxy groups -OCH3 is 1. The van der Waals surface area contributed by atoms with Gasteiger partial charge in [0.2, 0.25) is 0 Å². The highest BCUT2D eigenvalue weighted by Gasteiger charge is 2.09. The molecule has 3 nitrogen and oxygen atoms in total. The van der Waals surface area contributed by atoms with Gasteiger partial charge in [-0.2, -0.15) is 0 Å². The van der Waals surface area contributed by atoms with E-state index in [4.69, 9.17) is 14.9 Å². The van der Waals surface area contributed by atoms with E-state index in [0.29, 0.717) is 0 Å². The molecule has 2 N–H and O–H groups in total. The van der Waals surface area contributed by atoms with Crippen LogP contribution < -0.4 is 10.5 Å². The number of ether oxygens (including phenoxy) is 1. The highest BCUT2D eigenvalue weighted by molar-refractivity contribution is 5.34. The van der Waals surface area contributed by atoms with Gasteiger partial charge in [-0.25, -0.2) is 0 Å². The van der Waals surface area contributed by atoms with Crippen molar-refractivity contribution in [2.75, 3.05) is 7.11 Å². The number of para-hydroxylation sites is 1. The average molecular weight is 231 g/mol. The number of rotatable bonds is 5. The topological polar surface area (TPSA) is 48.4 Å². The molecule has 0 saturated heterocycles. The summed E-state index contributed by atoms with van der Waals surface area (Å²) in [7, 11) is 1.68. The van der Waals surface area contributed by atoms with Crippen molar-refractivity contribution in [3.05, 3.63) is 54.0 Å². The zero-order chi connectivity index (χ0) is 12.1. The highest BCUT2D eigenvalue weighted by atomic mass is 16.5. The van der Waals surface area contributed by atoms with Crippen LogP contribution in [0.3, 0.4) is 0 Å². The molecule has 17 heavy (non-hydrogen) atoms. The normalized spacial score (nSPS) is 12.4. The lowest BCUT2D eigenvalue weighted by Gasteiger charge is -2.13. The Balaban J connectivity index is 2.00. The monoisotopic (exact) mass is 231 g/mol. The van der Waals surface area contributed by atoms with Gasteiger partial charge in [-0.15, -0.1) is 0 Å². The molecule has 0 spiro atoms. The van der Waals surface area contributed by atoms with Crippen LogP contribution in [0.15, 0.2) is 47.3 Å². The third-order valence-electron chi connectivity index (χ3n) is 2.75. The Bertz CT molecular complexity index is 451. The second-order valence-electron chi connectivity index (χ2n) is 4.11. The first-order valence-electron chi connectivity index (χ1n) is 5.68. The van der Waals surface area contributed by atoms with Gasteiger partial charge in [-0.3, -0.25) is 0 Å². The minimum Gasteiger partial charge on any atom is -0.496 e. The fourth-order valence-electron chi connectivity index (χ4n) is 1.94. The Kier molecular flexibility index (Phi) is 3.83. The van der Waals surface area contributed by atoms with Crippen LogP contribution in [0.2, 0.25) is 0 Å². The Labute approximate surface area is 101 Å². The van der Waals surface area contributed by atoms with Gasteiger partial charge in [0.25, 0.3) is 0 Å². The third kappa shape index (κ3) is 3.11. The van der Waals surface area contributed by atoms with Gasteiger partial charge in [0.1, 0.15) is 5.75 Å². The predicted molar refractivity (Wildman–Crippen MR) is 67.1 cm³/mol. The summed E-state index contributed by atoms with van der Waals surface area (Å²) in [5.74, 6) is 0.898. The Morgan fingerprint density at radius 3 is 2.76 bits per heavy atom. The minimum atomic E-state index is 0.0731. The first-order valence-corrected chi connectivity index (χ1v) is 5.68. The lowest BCUT2D eigenvalue weighted by Crippen LogP contribution is -2.25. The number of hydrogen-bond acceptors (Lipinski definition) is 3. The summed E-state index contributed by atoms with van der Waals surface area (Å²) in [4.78, 5) is 0. The summed E-state index contributed by atoms with van der Waals surface area (Å²) in [5.41, 5.74) is 8.40. The van der Waals surface area contributed by atoms with E-state index in [0.717, 1.165) is 29.7 Å². The van der Waals surface area contributed by atoms with Gasteiger partial charge in [-0.1, -0.05) is 18.2 Å². The first kappa shape index (κ1) is 11.7. The van der Waals surface area contributed by atoms with Gasteiger partial charge in [0.15, 0.2) is 0 Å². The van der Waals surface area contributed by atoms with E-state index in [-0.39, 0.29) is 6.04 Å². The maximum atomic E-state index is 6.12. The van der Waals surface area contributed by atoms with Crippen molar-refractivity contribution in [1.82, 2.24) is 0 Å². The summed E-state index contributed by atoms with van der Waals surface area (Å²) in [5, 5.41) is 0. The van der Waals surface area contributed by atoms with Crippen LogP contribution in [0.5, 0.6) is 5.75 Å². The Hall–Kier alpha value is -1.74. The molecule has 1 heterocycles. The van der Waals surface area contributed by atoms with Crippen LogP contribution in [0.4, 0.5) is 0 Å². The SMILES string of the molecule is COc1ccccc1CC(N)Cc1ccoc1. The van der Waals surface area contributed by atoms with Crippen molar-refractivity contribution in [3.63, 3.8) is 0 Å². The van der Waals surface area contributed by atoms with Crippen molar-refractivity contribution < 1.29 is 9.15 Å². The number of nitrogens with two attached hydrogens (primary N) is 1. The third-order valence-corrected chi connectivity index (χ3v) is 2.75. The van der Waals surface area contributed by atoms with Crippen molar-refractivity contribution in [3.8, 4) is 5.75 Å². The molecule has 90 valence electrons. The van der Waals surface area contributed by atoms with Crippen molar-refractivity contribution >= 4 is 0 Å². The van der Waals surface area contributed by atoms with Gasteiger partial charge in [0, 0.05) is 6.04 Å². The first-order chi connectivity index (χ1) is 8.29. The van der Waals surface area contributed by atoms with Crippen molar-refractivity contribution in [2.45, 2.75) is 18.9 Å². The van der Waals surface area contributed by atoms with Crippen molar-refractivity contribution in [1.29, 1.82) is 0 Å². The summed E-state index contributed by atoms with van der Waals surface area (Å²) in [6, 6.07) is 9.99. The van der Waals surface area contributed by atoms with Crippen LogP contribution >= 0.6 is 0 Å². The number of furan rings is 1. The Morgan fingerprint density at radius 2 is 2.06 bits per heavy atom. The van der Waals surface area contributed by atoms with Gasteiger partial charge >= 0.3 is 0 Å². The molecule has 2 rings (SSSR count). The molecule has 0 aliphatic rings. The average Bonchev–Trinajstić information content (AvgIpc) is 2.82. The number of benzene rings is 1. The van der Waals surface area contributed by atoms with Crippen LogP contribution in [0.1, 0.15) is 11.1 Å². The standard InChI is InChI=1S/C14H17NO2/c1-16-14-5-3-2-4-12(14)9-13(15)8-11-6-7-17-10-11/h2-7,10,13H,8-9,15H2,1H3. The van der Waals surface area contributed by atoms with Crippen LogP contribution in [-0.4, -0.2) is 13.2 Å². The van der Waals surface area contributed by atoms with E-state index in [9.17, 15) is 0 Å². The summed E-state index contributed by atoms with van der Waals surface area (Å²) in [6.07, 6.45) is 5.02. The van der Waals surface area contributed by atoms with E-state index >= 15 is 0 Å². The fourth-order valence-corrected chi connectivity index (χ4v) is 1.94.